The van der Waals surface area contributed by atoms with Crippen LogP contribution in [0.1, 0.15) is 12.5 Å². The van der Waals surface area contributed by atoms with Gasteiger partial charge >= 0.3 is 5.97 Å². The molecule has 0 spiro atoms. The van der Waals surface area contributed by atoms with E-state index in [-0.39, 0.29) is 4.90 Å². The molecule has 1 unspecified atom stereocenters. The number of aryl methyl sites for hydroxylation is 1. The van der Waals surface area contributed by atoms with E-state index in [4.69, 9.17) is 5.11 Å². The summed E-state index contributed by atoms with van der Waals surface area (Å²) in [7, 11) is -2.56. The third-order valence-corrected chi connectivity index (χ3v) is 5.27. The molecule has 0 amide bonds. The number of carboxylic acids is 1. The fourth-order valence-electron chi connectivity index (χ4n) is 1.37. The molecule has 7 heteroatoms. The smallest absolute Gasteiger partial charge is 0.321 e. The standard InChI is InChI=1S/C11H14BrNO4S/c1-7-4-5-9(12)6-10(7)18(16,17)13(3)8(2)11(14)15/h4-6,8H,1-3H3,(H,14,15). The van der Waals surface area contributed by atoms with E-state index in [2.05, 4.69) is 15.9 Å². The molecule has 0 saturated heterocycles. The highest BCUT2D eigenvalue weighted by Gasteiger charge is 2.30. The van der Waals surface area contributed by atoms with E-state index in [1.807, 2.05) is 0 Å². The molecule has 18 heavy (non-hydrogen) atoms. The minimum Gasteiger partial charge on any atom is -0.480 e. The third-order valence-electron chi connectivity index (χ3n) is 2.71. The van der Waals surface area contributed by atoms with Crippen molar-refractivity contribution in [3.63, 3.8) is 0 Å². The zero-order valence-corrected chi connectivity index (χ0v) is 12.6. The average Bonchev–Trinajstić information content (AvgIpc) is 2.29. The Morgan fingerprint density at radius 1 is 1.44 bits per heavy atom. The Hall–Kier alpha value is -0.920. The van der Waals surface area contributed by atoms with Crippen LogP contribution < -0.4 is 0 Å². The maximum atomic E-state index is 12.3. The van der Waals surface area contributed by atoms with Crippen LogP contribution in [-0.2, 0) is 14.8 Å². The van der Waals surface area contributed by atoms with E-state index in [0.717, 1.165) is 4.31 Å². The third kappa shape index (κ3) is 2.90. The molecule has 0 aliphatic rings. The van der Waals surface area contributed by atoms with E-state index in [0.29, 0.717) is 10.0 Å². The van der Waals surface area contributed by atoms with Gasteiger partial charge in [0.1, 0.15) is 6.04 Å². The summed E-state index contributed by atoms with van der Waals surface area (Å²) in [6, 6.07) is 3.74. The molecule has 0 bridgehead atoms. The maximum absolute atomic E-state index is 12.3. The van der Waals surface area contributed by atoms with Crippen LogP contribution >= 0.6 is 15.9 Å². The van der Waals surface area contributed by atoms with Crippen LogP contribution in [-0.4, -0.2) is 36.9 Å². The molecular formula is C11H14BrNO4S. The van der Waals surface area contributed by atoms with Crippen molar-refractivity contribution in [2.24, 2.45) is 0 Å². The van der Waals surface area contributed by atoms with Crippen molar-refractivity contribution < 1.29 is 18.3 Å². The second kappa shape index (κ2) is 5.38. The molecule has 0 aliphatic carbocycles. The molecule has 0 heterocycles. The van der Waals surface area contributed by atoms with Gasteiger partial charge in [-0.25, -0.2) is 8.42 Å². The summed E-state index contributed by atoms with van der Waals surface area (Å²) in [4.78, 5) is 11.0. The summed E-state index contributed by atoms with van der Waals surface area (Å²) >= 11 is 3.20. The van der Waals surface area contributed by atoms with Gasteiger partial charge in [0.25, 0.3) is 0 Å². The molecule has 5 nitrogen and oxygen atoms in total. The van der Waals surface area contributed by atoms with Crippen LogP contribution in [0.2, 0.25) is 0 Å². The molecule has 0 radical (unpaired) electrons. The van der Waals surface area contributed by atoms with Gasteiger partial charge in [0.2, 0.25) is 10.0 Å². The monoisotopic (exact) mass is 335 g/mol. The number of carboxylic acid groups (broad SMARTS) is 1. The minimum absolute atomic E-state index is 0.104. The normalized spacial score (nSPS) is 13.6. The van der Waals surface area contributed by atoms with Crippen LogP contribution in [0.4, 0.5) is 0 Å². The van der Waals surface area contributed by atoms with Gasteiger partial charge < -0.3 is 5.11 Å². The number of nitrogens with zero attached hydrogens (tertiary/aromatic N) is 1. The zero-order valence-electron chi connectivity index (χ0n) is 10.2. The Morgan fingerprint density at radius 3 is 2.50 bits per heavy atom. The van der Waals surface area contributed by atoms with Crippen molar-refractivity contribution in [1.82, 2.24) is 4.31 Å². The first-order valence-corrected chi connectivity index (χ1v) is 7.38. The van der Waals surface area contributed by atoms with Crippen LogP contribution in [0.25, 0.3) is 0 Å². The summed E-state index contributed by atoms with van der Waals surface area (Å²) in [5, 5.41) is 8.87. The lowest BCUT2D eigenvalue weighted by Crippen LogP contribution is -2.40. The highest BCUT2D eigenvalue weighted by Crippen LogP contribution is 2.24. The van der Waals surface area contributed by atoms with Crippen LogP contribution in [0.3, 0.4) is 0 Å². The lowest BCUT2D eigenvalue weighted by molar-refractivity contribution is -0.140. The first kappa shape index (κ1) is 15.1. The molecule has 0 fully saturated rings. The van der Waals surface area contributed by atoms with Gasteiger partial charge in [0, 0.05) is 11.5 Å². The molecule has 1 rings (SSSR count). The van der Waals surface area contributed by atoms with Crippen molar-refractivity contribution in [2.45, 2.75) is 24.8 Å². The fourth-order valence-corrected chi connectivity index (χ4v) is 3.45. The van der Waals surface area contributed by atoms with Gasteiger partial charge in [-0.15, -0.1) is 0 Å². The number of likely N-dealkylation sites (N-methyl/N-ethyl adjacent to an activating group) is 1. The lowest BCUT2D eigenvalue weighted by atomic mass is 10.2. The number of hydrogen-bond acceptors (Lipinski definition) is 3. The predicted molar refractivity (Wildman–Crippen MR) is 70.9 cm³/mol. The fraction of sp³-hybridized carbons (Fsp3) is 0.364. The van der Waals surface area contributed by atoms with E-state index in [1.165, 1.54) is 20.0 Å². The summed E-state index contributed by atoms with van der Waals surface area (Å²) in [5.41, 5.74) is 0.572. The summed E-state index contributed by atoms with van der Waals surface area (Å²) in [6.45, 7) is 2.99. The predicted octanol–water partition coefficient (Wildman–Crippen LogP) is 1.85. The topological polar surface area (TPSA) is 74.7 Å². The lowest BCUT2D eigenvalue weighted by Gasteiger charge is -2.22. The van der Waals surface area contributed by atoms with Gasteiger partial charge in [-0.3, -0.25) is 4.79 Å². The van der Waals surface area contributed by atoms with Crippen molar-refractivity contribution in [2.75, 3.05) is 7.05 Å². The maximum Gasteiger partial charge on any atom is 0.321 e. The molecule has 0 aliphatic heterocycles. The molecule has 0 aromatic heterocycles. The largest absolute Gasteiger partial charge is 0.480 e. The van der Waals surface area contributed by atoms with Gasteiger partial charge in [-0.1, -0.05) is 22.0 Å². The SMILES string of the molecule is Cc1ccc(Br)cc1S(=O)(=O)N(C)C(C)C(=O)O. The number of sulfonamides is 1. The van der Waals surface area contributed by atoms with Gasteiger partial charge in [0.15, 0.2) is 0 Å². The van der Waals surface area contributed by atoms with Crippen molar-refractivity contribution in [1.29, 1.82) is 0 Å². The second-order valence-electron chi connectivity index (χ2n) is 3.95. The van der Waals surface area contributed by atoms with E-state index >= 15 is 0 Å². The summed E-state index contributed by atoms with van der Waals surface area (Å²) in [6.07, 6.45) is 0. The average molecular weight is 336 g/mol. The van der Waals surface area contributed by atoms with Crippen LogP contribution in [0, 0.1) is 6.92 Å². The first-order valence-electron chi connectivity index (χ1n) is 5.15. The van der Waals surface area contributed by atoms with E-state index in [9.17, 15) is 13.2 Å². The van der Waals surface area contributed by atoms with Crippen LogP contribution in [0.15, 0.2) is 27.6 Å². The number of benzene rings is 1. The minimum atomic E-state index is -3.81. The van der Waals surface area contributed by atoms with Gasteiger partial charge in [0.05, 0.1) is 4.90 Å². The zero-order chi connectivity index (χ0) is 14.1. The van der Waals surface area contributed by atoms with Crippen LogP contribution in [0.5, 0.6) is 0 Å². The van der Waals surface area contributed by atoms with E-state index < -0.39 is 22.0 Å². The molecule has 1 aromatic carbocycles. The number of aliphatic carboxylic acids is 1. The Morgan fingerprint density at radius 2 is 2.00 bits per heavy atom. The number of hydrogen-bond donors (Lipinski definition) is 1. The van der Waals surface area contributed by atoms with Gasteiger partial charge in [-0.2, -0.15) is 4.31 Å². The first-order chi connectivity index (χ1) is 8.17. The number of carbonyl (C=O) groups is 1. The Bertz CT molecular complexity index is 570. The van der Waals surface area contributed by atoms with Gasteiger partial charge in [-0.05, 0) is 31.5 Å². The second-order valence-corrected chi connectivity index (χ2v) is 6.83. The summed E-state index contributed by atoms with van der Waals surface area (Å²) in [5.74, 6) is -1.19. The number of rotatable bonds is 4. The Kier molecular flexibility index (Phi) is 4.52. The van der Waals surface area contributed by atoms with E-state index in [1.54, 1.807) is 19.1 Å². The van der Waals surface area contributed by atoms with Crippen molar-refractivity contribution in [3.8, 4) is 0 Å². The molecule has 1 N–H and O–H groups in total. The molecule has 1 atom stereocenters. The number of halogens is 1. The molecular weight excluding hydrogens is 322 g/mol. The molecule has 0 saturated carbocycles. The van der Waals surface area contributed by atoms with Crippen molar-refractivity contribution in [3.05, 3.63) is 28.2 Å². The Balaban J connectivity index is 3.29. The Labute approximate surface area is 115 Å². The molecule has 1 aromatic rings. The highest BCUT2D eigenvalue weighted by atomic mass is 79.9. The highest BCUT2D eigenvalue weighted by molar-refractivity contribution is 9.10. The summed E-state index contributed by atoms with van der Waals surface area (Å²) < 4.78 is 26.1. The quantitative estimate of drug-likeness (QED) is 0.911. The molecule has 100 valence electrons. The van der Waals surface area contributed by atoms with Crippen molar-refractivity contribution >= 4 is 31.9 Å².